The Morgan fingerprint density at radius 3 is 1.97 bits per heavy atom. The summed E-state index contributed by atoms with van der Waals surface area (Å²) in [6.07, 6.45) is 9.14. The van der Waals surface area contributed by atoms with E-state index in [4.69, 9.17) is 11.6 Å². The molecule has 0 N–H and O–H groups in total. The summed E-state index contributed by atoms with van der Waals surface area (Å²) in [4.78, 5) is 14.5. The van der Waals surface area contributed by atoms with Crippen molar-refractivity contribution in [1.82, 2.24) is 4.90 Å². The number of nitrogens with zero attached hydrogens (tertiary/aromatic N) is 2. The molecule has 34 heavy (non-hydrogen) atoms. The first-order valence-corrected chi connectivity index (χ1v) is 14.4. The molecule has 1 amide bonds. The number of halogens is 1. The predicted octanol–water partition coefficient (Wildman–Crippen LogP) is 5.23. The molecule has 4 fully saturated rings. The predicted molar refractivity (Wildman–Crippen MR) is 136 cm³/mol. The van der Waals surface area contributed by atoms with Crippen molar-refractivity contribution in [2.24, 2.45) is 17.8 Å². The highest BCUT2D eigenvalue weighted by Gasteiger charge is 2.51. The highest BCUT2D eigenvalue weighted by Crippen LogP contribution is 2.60. The quantitative estimate of drug-likeness (QED) is 0.523. The average molecular weight is 501 g/mol. The summed E-state index contributed by atoms with van der Waals surface area (Å²) in [5.74, 6) is 2.30. The second-order valence-corrected chi connectivity index (χ2v) is 13.2. The number of anilines is 1. The molecule has 0 radical (unpaired) electrons. The molecule has 4 aliphatic carbocycles. The van der Waals surface area contributed by atoms with Crippen LogP contribution in [0.2, 0.25) is 5.02 Å². The first-order valence-electron chi connectivity index (χ1n) is 12.2. The standard InChI is InChI=1S/C27H33ClN2O3S/c1-29(17-19-3-7-24(28)8-4-19)26(31)18-30(34(2,32)33)25-9-5-23(6-10-25)27-14-20-11-21(15-27)13-22(12-20)16-27/h3-10,20-22H,11-18H2,1-2H3. The minimum Gasteiger partial charge on any atom is -0.340 e. The van der Waals surface area contributed by atoms with Gasteiger partial charge in [-0.15, -0.1) is 0 Å². The van der Waals surface area contributed by atoms with E-state index in [1.165, 1.54) is 48.4 Å². The van der Waals surface area contributed by atoms with Crippen LogP contribution in [0.4, 0.5) is 5.69 Å². The normalized spacial score (nSPS) is 27.6. The third-order valence-corrected chi connectivity index (χ3v) is 9.64. The molecule has 4 aliphatic rings. The van der Waals surface area contributed by atoms with Gasteiger partial charge in [0.2, 0.25) is 15.9 Å². The molecule has 5 nitrogen and oxygen atoms in total. The van der Waals surface area contributed by atoms with Crippen LogP contribution >= 0.6 is 11.6 Å². The van der Waals surface area contributed by atoms with Crippen molar-refractivity contribution < 1.29 is 13.2 Å². The lowest BCUT2D eigenvalue weighted by atomic mass is 9.48. The zero-order valence-corrected chi connectivity index (χ0v) is 21.5. The minimum absolute atomic E-state index is 0.223. The topological polar surface area (TPSA) is 57.7 Å². The molecule has 0 saturated heterocycles. The molecule has 182 valence electrons. The Labute approximate surface area is 208 Å². The van der Waals surface area contributed by atoms with E-state index in [0.29, 0.717) is 17.3 Å². The summed E-state index contributed by atoms with van der Waals surface area (Å²) in [5.41, 5.74) is 3.09. The van der Waals surface area contributed by atoms with Crippen LogP contribution in [-0.4, -0.2) is 39.1 Å². The van der Waals surface area contributed by atoms with Gasteiger partial charge in [-0.05, 0) is 97.1 Å². The first-order chi connectivity index (χ1) is 16.1. The molecular weight excluding hydrogens is 468 g/mol. The van der Waals surface area contributed by atoms with Gasteiger partial charge in [0.25, 0.3) is 0 Å². The van der Waals surface area contributed by atoms with E-state index in [0.717, 1.165) is 29.6 Å². The van der Waals surface area contributed by atoms with Crippen LogP contribution in [0.25, 0.3) is 0 Å². The highest BCUT2D eigenvalue weighted by molar-refractivity contribution is 7.92. The summed E-state index contributed by atoms with van der Waals surface area (Å²) in [6.45, 7) is 0.165. The maximum atomic E-state index is 12.9. The minimum atomic E-state index is -3.61. The molecule has 0 unspecified atom stereocenters. The number of likely N-dealkylation sites (N-methyl/N-ethyl adjacent to an activating group) is 1. The van der Waals surface area contributed by atoms with Crippen LogP contribution in [0.3, 0.4) is 0 Å². The van der Waals surface area contributed by atoms with Gasteiger partial charge in [0.15, 0.2) is 0 Å². The Morgan fingerprint density at radius 1 is 0.941 bits per heavy atom. The van der Waals surface area contributed by atoms with Crippen molar-refractivity contribution in [2.45, 2.75) is 50.5 Å². The van der Waals surface area contributed by atoms with E-state index in [2.05, 4.69) is 12.1 Å². The van der Waals surface area contributed by atoms with Gasteiger partial charge in [-0.1, -0.05) is 35.9 Å². The SMILES string of the molecule is CN(Cc1ccc(Cl)cc1)C(=O)CN(c1ccc(C23CC4CC(CC(C4)C2)C3)cc1)S(C)(=O)=O. The van der Waals surface area contributed by atoms with E-state index >= 15 is 0 Å². The number of amides is 1. The lowest BCUT2D eigenvalue weighted by Gasteiger charge is -2.57. The van der Waals surface area contributed by atoms with Gasteiger partial charge in [0.1, 0.15) is 6.54 Å². The maximum absolute atomic E-state index is 12.9. The molecular formula is C27H33ClN2O3S. The van der Waals surface area contributed by atoms with Crippen molar-refractivity contribution in [3.8, 4) is 0 Å². The molecule has 6 rings (SSSR count). The number of sulfonamides is 1. The van der Waals surface area contributed by atoms with Gasteiger partial charge in [0.05, 0.1) is 11.9 Å². The number of rotatable bonds is 7. The van der Waals surface area contributed by atoms with Crippen molar-refractivity contribution in [1.29, 1.82) is 0 Å². The molecule has 2 aromatic carbocycles. The lowest BCUT2D eigenvalue weighted by Crippen LogP contribution is -2.48. The van der Waals surface area contributed by atoms with Crippen LogP contribution in [0.5, 0.6) is 0 Å². The molecule has 0 atom stereocenters. The Balaban J connectivity index is 1.32. The summed E-state index contributed by atoms with van der Waals surface area (Å²) in [7, 11) is -1.93. The summed E-state index contributed by atoms with van der Waals surface area (Å²) < 4.78 is 26.5. The highest BCUT2D eigenvalue weighted by atomic mass is 35.5. The van der Waals surface area contributed by atoms with E-state index in [1.54, 1.807) is 24.1 Å². The molecule has 4 saturated carbocycles. The fourth-order valence-electron chi connectivity index (χ4n) is 7.04. The van der Waals surface area contributed by atoms with E-state index in [-0.39, 0.29) is 17.9 Å². The average Bonchev–Trinajstić information content (AvgIpc) is 2.77. The van der Waals surface area contributed by atoms with Crippen molar-refractivity contribution in [2.75, 3.05) is 24.2 Å². The Morgan fingerprint density at radius 2 is 1.47 bits per heavy atom. The third-order valence-electron chi connectivity index (χ3n) is 8.24. The summed E-state index contributed by atoms with van der Waals surface area (Å²) >= 11 is 5.94. The molecule has 0 aromatic heterocycles. The van der Waals surface area contributed by atoms with E-state index < -0.39 is 10.0 Å². The van der Waals surface area contributed by atoms with Crippen molar-refractivity contribution in [3.05, 3.63) is 64.7 Å². The van der Waals surface area contributed by atoms with Crippen LogP contribution in [0.1, 0.15) is 49.7 Å². The van der Waals surface area contributed by atoms with Gasteiger partial charge in [-0.2, -0.15) is 0 Å². The zero-order valence-electron chi connectivity index (χ0n) is 19.9. The smallest absolute Gasteiger partial charge is 0.243 e. The molecule has 0 spiro atoms. The van der Waals surface area contributed by atoms with E-state index in [1.807, 2.05) is 24.3 Å². The van der Waals surface area contributed by atoms with Gasteiger partial charge < -0.3 is 4.90 Å². The Hall–Kier alpha value is -2.05. The molecule has 4 bridgehead atoms. The van der Waals surface area contributed by atoms with Gasteiger partial charge in [-0.25, -0.2) is 8.42 Å². The lowest BCUT2D eigenvalue weighted by molar-refractivity contribution is -0.128. The molecule has 2 aromatic rings. The van der Waals surface area contributed by atoms with Crippen LogP contribution in [0.15, 0.2) is 48.5 Å². The first kappa shape index (κ1) is 23.7. The second-order valence-electron chi connectivity index (χ2n) is 10.9. The van der Waals surface area contributed by atoms with Gasteiger partial charge in [-0.3, -0.25) is 9.10 Å². The Bertz CT molecular complexity index is 1130. The van der Waals surface area contributed by atoms with Crippen LogP contribution in [0, 0.1) is 17.8 Å². The third kappa shape index (κ3) is 4.72. The van der Waals surface area contributed by atoms with Crippen molar-refractivity contribution >= 4 is 33.2 Å². The molecule has 0 aliphatic heterocycles. The number of carbonyl (C=O) groups excluding carboxylic acids is 1. The van der Waals surface area contributed by atoms with E-state index in [9.17, 15) is 13.2 Å². The van der Waals surface area contributed by atoms with Crippen LogP contribution in [-0.2, 0) is 26.8 Å². The zero-order chi connectivity index (χ0) is 24.1. The van der Waals surface area contributed by atoms with Gasteiger partial charge >= 0.3 is 0 Å². The number of hydrogen-bond donors (Lipinski definition) is 0. The monoisotopic (exact) mass is 500 g/mol. The maximum Gasteiger partial charge on any atom is 0.243 e. The largest absolute Gasteiger partial charge is 0.340 e. The number of benzene rings is 2. The summed E-state index contributed by atoms with van der Waals surface area (Å²) in [6, 6.07) is 15.3. The fourth-order valence-corrected chi connectivity index (χ4v) is 8.02. The molecule has 0 heterocycles. The van der Waals surface area contributed by atoms with Crippen LogP contribution < -0.4 is 4.31 Å². The fraction of sp³-hybridized carbons (Fsp3) is 0.519. The second kappa shape index (κ2) is 8.87. The number of carbonyl (C=O) groups is 1. The molecule has 7 heteroatoms. The van der Waals surface area contributed by atoms with Crippen molar-refractivity contribution in [3.63, 3.8) is 0 Å². The Kier molecular flexibility index (Phi) is 6.18. The number of hydrogen-bond acceptors (Lipinski definition) is 3. The van der Waals surface area contributed by atoms with Gasteiger partial charge in [0, 0.05) is 18.6 Å². The summed E-state index contributed by atoms with van der Waals surface area (Å²) in [5, 5.41) is 0.637.